The van der Waals surface area contributed by atoms with Gasteiger partial charge in [-0.1, -0.05) is 18.2 Å². The summed E-state index contributed by atoms with van der Waals surface area (Å²) in [6.07, 6.45) is 0.710. The van der Waals surface area contributed by atoms with Gasteiger partial charge >= 0.3 is 0 Å². The topological polar surface area (TPSA) is 66.9 Å². The molecule has 2 atom stereocenters. The summed E-state index contributed by atoms with van der Waals surface area (Å²) in [7, 11) is -1.83. The third kappa shape index (κ3) is 2.96. The number of hydrogen-bond donors (Lipinski definition) is 0. The molecule has 1 aromatic rings. The van der Waals surface area contributed by atoms with E-state index in [4.69, 9.17) is 4.74 Å². The molecule has 2 heterocycles. The molecule has 0 unspecified atom stereocenters. The molecule has 1 aromatic carbocycles. The predicted molar refractivity (Wildman–Crippen MR) is 89.9 cm³/mol. The number of rotatable bonds is 4. The van der Waals surface area contributed by atoms with E-state index in [2.05, 4.69) is 0 Å². The van der Waals surface area contributed by atoms with E-state index in [-0.39, 0.29) is 17.2 Å². The third-order valence-electron chi connectivity index (χ3n) is 5.35. The zero-order valence-electron chi connectivity index (χ0n) is 14.1. The number of fused-ring (bicyclic) bond motifs is 1. The zero-order chi connectivity index (χ0) is 17.4. The predicted octanol–water partition coefficient (Wildman–Crippen LogP) is 1.19. The molecule has 2 saturated heterocycles. The van der Waals surface area contributed by atoms with Crippen LogP contribution in [0.3, 0.4) is 0 Å². The SMILES string of the molecule is COC[C@@]12CCN(S(=O)(=O)c3ccccc3)C[C@@H]1CN(C(C)=O)C2. The average Bonchev–Trinajstić information content (AvgIpc) is 2.95. The van der Waals surface area contributed by atoms with E-state index in [9.17, 15) is 13.2 Å². The molecule has 0 saturated carbocycles. The van der Waals surface area contributed by atoms with Crippen LogP contribution in [-0.2, 0) is 19.6 Å². The Morgan fingerprint density at radius 3 is 2.62 bits per heavy atom. The molecule has 24 heavy (non-hydrogen) atoms. The van der Waals surface area contributed by atoms with E-state index in [0.717, 1.165) is 0 Å². The normalized spacial score (nSPS) is 27.9. The highest BCUT2D eigenvalue weighted by molar-refractivity contribution is 7.89. The van der Waals surface area contributed by atoms with Gasteiger partial charge in [-0.3, -0.25) is 4.79 Å². The minimum Gasteiger partial charge on any atom is -0.384 e. The Balaban J connectivity index is 1.84. The molecular weight excluding hydrogens is 328 g/mol. The fourth-order valence-electron chi connectivity index (χ4n) is 3.98. The lowest BCUT2D eigenvalue weighted by molar-refractivity contribution is -0.128. The highest BCUT2D eigenvalue weighted by Gasteiger charge is 2.51. The first-order valence-corrected chi connectivity index (χ1v) is 9.63. The number of likely N-dealkylation sites (tertiary alicyclic amines) is 1. The molecule has 0 aromatic heterocycles. The van der Waals surface area contributed by atoms with Crippen molar-refractivity contribution in [3.05, 3.63) is 30.3 Å². The van der Waals surface area contributed by atoms with Gasteiger partial charge in [-0.05, 0) is 24.5 Å². The molecule has 2 aliphatic heterocycles. The van der Waals surface area contributed by atoms with E-state index in [1.54, 1.807) is 48.7 Å². The second-order valence-corrected chi connectivity index (χ2v) is 8.76. The Hall–Kier alpha value is -1.44. The number of sulfonamides is 1. The van der Waals surface area contributed by atoms with Gasteiger partial charge in [0, 0.05) is 45.6 Å². The summed E-state index contributed by atoms with van der Waals surface area (Å²) in [6.45, 7) is 4.27. The zero-order valence-corrected chi connectivity index (χ0v) is 15.0. The van der Waals surface area contributed by atoms with E-state index in [0.29, 0.717) is 44.1 Å². The molecule has 0 spiro atoms. The lowest BCUT2D eigenvalue weighted by Crippen LogP contribution is -2.50. The maximum absolute atomic E-state index is 12.9. The molecule has 0 bridgehead atoms. The number of methoxy groups -OCH3 is 1. The van der Waals surface area contributed by atoms with Gasteiger partial charge in [0.1, 0.15) is 0 Å². The summed E-state index contributed by atoms with van der Waals surface area (Å²) in [5, 5.41) is 0. The minimum atomic E-state index is -3.49. The molecule has 1 amide bonds. The molecular formula is C17H24N2O4S. The molecule has 7 heteroatoms. The van der Waals surface area contributed by atoms with E-state index >= 15 is 0 Å². The van der Waals surface area contributed by atoms with Crippen molar-refractivity contribution in [2.45, 2.75) is 18.2 Å². The van der Waals surface area contributed by atoms with Crippen molar-refractivity contribution < 1.29 is 17.9 Å². The minimum absolute atomic E-state index is 0.0392. The fourth-order valence-corrected chi connectivity index (χ4v) is 5.48. The van der Waals surface area contributed by atoms with E-state index in [1.165, 1.54) is 0 Å². The number of piperidine rings is 1. The van der Waals surface area contributed by atoms with Crippen LogP contribution in [0.25, 0.3) is 0 Å². The number of hydrogen-bond acceptors (Lipinski definition) is 4. The smallest absolute Gasteiger partial charge is 0.243 e. The number of carbonyl (C=O) groups excluding carboxylic acids is 1. The molecule has 0 radical (unpaired) electrons. The van der Waals surface area contributed by atoms with Crippen LogP contribution in [0.5, 0.6) is 0 Å². The molecule has 0 aliphatic carbocycles. The van der Waals surface area contributed by atoms with Crippen LogP contribution >= 0.6 is 0 Å². The summed E-state index contributed by atoms with van der Waals surface area (Å²) in [5.74, 6) is 0.144. The van der Waals surface area contributed by atoms with Crippen molar-refractivity contribution >= 4 is 15.9 Å². The van der Waals surface area contributed by atoms with Crippen molar-refractivity contribution in [3.63, 3.8) is 0 Å². The van der Waals surface area contributed by atoms with Crippen LogP contribution in [0, 0.1) is 11.3 Å². The second kappa shape index (κ2) is 6.46. The standard InChI is InChI=1S/C17H24N2O4S/c1-14(20)18-10-15-11-19(9-8-17(15,12-18)13-23-2)24(21,22)16-6-4-3-5-7-16/h3-7,15H,8-13H2,1-2H3/t15-,17-/m0/s1. The number of nitrogens with zero attached hydrogens (tertiary/aromatic N) is 2. The van der Waals surface area contributed by atoms with Crippen molar-refractivity contribution in [2.75, 3.05) is 39.9 Å². The average molecular weight is 352 g/mol. The summed E-state index contributed by atoms with van der Waals surface area (Å²) in [5.41, 5.74) is -0.136. The monoisotopic (exact) mass is 352 g/mol. The van der Waals surface area contributed by atoms with Crippen LogP contribution < -0.4 is 0 Å². The van der Waals surface area contributed by atoms with Gasteiger partial charge in [0.15, 0.2) is 0 Å². The van der Waals surface area contributed by atoms with Crippen LogP contribution in [0.1, 0.15) is 13.3 Å². The van der Waals surface area contributed by atoms with Crippen molar-refractivity contribution in [1.29, 1.82) is 0 Å². The number of carbonyl (C=O) groups is 1. The van der Waals surface area contributed by atoms with Crippen LogP contribution in [-0.4, -0.2) is 63.4 Å². The van der Waals surface area contributed by atoms with Crippen molar-refractivity contribution in [2.24, 2.45) is 11.3 Å². The molecule has 132 valence electrons. The molecule has 2 fully saturated rings. The van der Waals surface area contributed by atoms with Crippen LogP contribution in [0.4, 0.5) is 0 Å². The highest BCUT2D eigenvalue weighted by atomic mass is 32.2. The fraction of sp³-hybridized carbons (Fsp3) is 0.588. The number of benzene rings is 1. The quantitative estimate of drug-likeness (QED) is 0.816. The Bertz CT molecular complexity index is 707. The summed E-state index contributed by atoms with van der Waals surface area (Å²) >= 11 is 0. The second-order valence-electron chi connectivity index (χ2n) is 6.82. The Morgan fingerprint density at radius 1 is 1.29 bits per heavy atom. The van der Waals surface area contributed by atoms with Crippen LogP contribution in [0.2, 0.25) is 0 Å². The van der Waals surface area contributed by atoms with E-state index in [1.807, 2.05) is 4.90 Å². The van der Waals surface area contributed by atoms with Crippen molar-refractivity contribution in [3.8, 4) is 0 Å². The Morgan fingerprint density at radius 2 is 2.00 bits per heavy atom. The lowest BCUT2D eigenvalue weighted by atomic mass is 9.74. The Kier molecular flexibility index (Phi) is 4.68. The molecule has 0 N–H and O–H groups in total. The molecule has 6 nitrogen and oxygen atoms in total. The molecule has 2 aliphatic rings. The first-order valence-electron chi connectivity index (χ1n) is 8.19. The summed E-state index contributed by atoms with van der Waals surface area (Å²) < 4.78 is 32.7. The first kappa shape index (κ1) is 17.4. The van der Waals surface area contributed by atoms with Gasteiger partial charge in [-0.2, -0.15) is 4.31 Å². The van der Waals surface area contributed by atoms with Crippen LogP contribution in [0.15, 0.2) is 35.2 Å². The van der Waals surface area contributed by atoms with Gasteiger partial charge in [0.25, 0.3) is 0 Å². The van der Waals surface area contributed by atoms with Gasteiger partial charge < -0.3 is 9.64 Å². The Labute approximate surface area is 143 Å². The first-order chi connectivity index (χ1) is 11.4. The van der Waals surface area contributed by atoms with Gasteiger partial charge in [0.05, 0.1) is 11.5 Å². The van der Waals surface area contributed by atoms with Crippen molar-refractivity contribution in [1.82, 2.24) is 9.21 Å². The number of amides is 1. The largest absolute Gasteiger partial charge is 0.384 e. The van der Waals surface area contributed by atoms with Gasteiger partial charge in [0.2, 0.25) is 15.9 Å². The van der Waals surface area contributed by atoms with Gasteiger partial charge in [-0.25, -0.2) is 8.42 Å². The summed E-state index contributed by atoms with van der Waals surface area (Å²) in [6, 6.07) is 8.53. The lowest BCUT2D eigenvalue weighted by Gasteiger charge is -2.42. The maximum Gasteiger partial charge on any atom is 0.243 e. The third-order valence-corrected chi connectivity index (χ3v) is 7.23. The van der Waals surface area contributed by atoms with E-state index < -0.39 is 10.0 Å². The highest BCUT2D eigenvalue weighted by Crippen LogP contribution is 2.44. The molecule has 3 rings (SSSR count). The maximum atomic E-state index is 12.9. The number of ether oxygens (including phenoxy) is 1. The summed E-state index contributed by atoms with van der Waals surface area (Å²) in [4.78, 5) is 13.9. The van der Waals surface area contributed by atoms with Gasteiger partial charge in [-0.15, -0.1) is 0 Å².